The van der Waals surface area contributed by atoms with Gasteiger partial charge in [-0.05, 0) is 19.3 Å². The standard InChI is InChI=1S/C14H30O4S.Na/c1-2-11-14(19(16,17)18)12-9-7-5-3-4-6-8-10-13-15;/h14-15H,2-13H2,1H3,(H,16,17,18);/q;+1/p-1. The minimum Gasteiger partial charge on any atom is -0.748 e. The van der Waals surface area contributed by atoms with Gasteiger partial charge >= 0.3 is 29.6 Å². The van der Waals surface area contributed by atoms with Gasteiger partial charge in [0.25, 0.3) is 0 Å². The molecule has 6 heteroatoms. The average molecular weight is 316 g/mol. The molecule has 0 radical (unpaired) electrons. The molecule has 0 aromatic heterocycles. The molecule has 116 valence electrons. The van der Waals surface area contributed by atoms with Gasteiger partial charge in [0.2, 0.25) is 0 Å². The third-order valence-electron chi connectivity index (χ3n) is 3.45. The van der Waals surface area contributed by atoms with Crippen LogP contribution in [0.3, 0.4) is 0 Å². The number of hydrogen-bond acceptors (Lipinski definition) is 4. The molecule has 0 bridgehead atoms. The topological polar surface area (TPSA) is 77.4 Å². The van der Waals surface area contributed by atoms with Gasteiger partial charge in [-0.1, -0.05) is 58.3 Å². The van der Waals surface area contributed by atoms with E-state index in [2.05, 4.69) is 0 Å². The van der Waals surface area contributed by atoms with Crippen LogP contribution in [0.5, 0.6) is 0 Å². The zero-order chi connectivity index (χ0) is 14.6. The Morgan fingerprint density at radius 3 is 1.75 bits per heavy atom. The fourth-order valence-corrected chi connectivity index (χ4v) is 3.28. The number of aliphatic hydroxyl groups is 1. The second-order valence-corrected chi connectivity index (χ2v) is 6.90. The number of rotatable bonds is 13. The first-order chi connectivity index (χ1) is 9.02. The molecule has 1 N–H and O–H groups in total. The fraction of sp³-hybridized carbons (Fsp3) is 1.00. The molecule has 20 heavy (non-hydrogen) atoms. The van der Waals surface area contributed by atoms with Crippen molar-refractivity contribution in [2.45, 2.75) is 82.8 Å². The monoisotopic (exact) mass is 316 g/mol. The summed E-state index contributed by atoms with van der Waals surface area (Å²) in [4.78, 5) is 0. The first-order valence-electron chi connectivity index (χ1n) is 7.58. The Bertz CT molecular complexity index is 294. The molecule has 0 aromatic rings. The van der Waals surface area contributed by atoms with Crippen LogP contribution in [0.2, 0.25) is 0 Å². The zero-order valence-electron chi connectivity index (χ0n) is 13.1. The second kappa shape index (κ2) is 14.8. The molecule has 4 nitrogen and oxygen atoms in total. The fourth-order valence-electron chi connectivity index (χ4n) is 2.30. The Kier molecular flexibility index (Phi) is 17.1. The van der Waals surface area contributed by atoms with E-state index >= 15 is 0 Å². The van der Waals surface area contributed by atoms with Crippen LogP contribution in [0.15, 0.2) is 0 Å². The van der Waals surface area contributed by atoms with Crippen molar-refractivity contribution in [3.63, 3.8) is 0 Å². The third-order valence-corrected chi connectivity index (χ3v) is 4.74. The second-order valence-electron chi connectivity index (χ2n) is 5.24. The Labute approximate surface area is 146 Å². The summed E-state index contributed by atoms with van der Waals surface area (Å²) in [6.07, 6.45) is 10.2. The van der Waals surface area contributed by atoms with Crippen molar-refractivity contribution < 1.29 is 47.6 Å². The van der Waals surface area contributed by atoms with Gasteiger partial charge in [-0.15, -0.1) is 0 Å². The maximum atomic E-state index is 11.0. The van der Waals surface area contributed by atoms with Crippen LogP contribution >= 0.6 is 0 Å². The molecular formula is C14H29NaO4S. The van der Waals surface area contributed by atoms with Gasteiger partial charge in [-0.2, -0.15) is 0 Å². The van der Waals surface area contributed by atoms with Crippen molar-refractivity contribution in [1.29, 1.82) is 0 Å². The predicted octanol–water partition coefficient (Wildman–Crippen LogP) is 0.208. The molecular weight excluding hydrogens is 287 g/mol. The molecule has 0 aliphatic rings. The molecule has 1 unspecified atom stereocenters. The first-order valence-corrected chi connectivity index (χ1v) is 9.05. The summed E-state index contributed by atoms with van der Waals surface area (Å²) in [5.41, 5.74) is 0. The number of hydrogen-bond donors (Lipinski definition) is 1. The summed E-state index contributed by atoms with van der Waals surface area (Å²) in [7, 11) is -4.11. The van der Waals surface area contributed by atoms with Crippen LogP contribution in [0.1, 0.15) is 77.6 Å². The van der Waals surface area contributed by atoms with Crippen molar-refractivity contribution >= 4 is 10.1 Å². The van der Waals surface area contributed by atoms with E-state index < -0.39 is 15.4 Å². The summed E-state index contributed by atoms with van der Waals surface area (Å²) in [5, 5.41) is 7.95. The predicted molar refractivity (Wildman–Crippen MR) is 77.0 cm³/mol. The SMILES string of the molecule is CCCC(CCCCCCCCCCO)S(=O)(=O)[O-].[Na+]. The molecule has 0 aliphatic carbocycles. The van der Waals surface area contributed by atoms with Gasteiger partial charge in [0.05, 0.1) is 10.1 Å². The van der Waals surface area contributed by atoms with E-state index in [0.717, 1.165) is 51.4 Å². The van der Waals surface area contributed by atoms with E-state index in [4.69, 9.17) is 5.11 Å². The van der Waals surface area contributed by atoms with Crippen LogP contribution in [0.4, 0.5) is 0 Å². The van der Waals surface area contributed by atoms with Crippen molar-refractivity contribution in [3.05, 3.63) is 0 Å². The van der Waals surface area contributed by atoms with E-state index in [0.29, 0.717) is 12.8 Å². The van der Waals surface area contributed by atoms with Gasteiger partial charge < -0.3 is 9.66 Å². The van der Waals surface area contributed by atoms with E-state index in [1.807, 2.05) is 6.92 Å². The summed E-state index contributed by atoms with van der Waals surface area (Å²) in [6, 6.07) is 0. The van der Waals surface area contributed by atoms with Gasteiger partial charge in [0.1, 0.15) is 0 Å². The van der Waals surface area contributed by atoms with Gasteiger partial charge in [-0.3, -0.25) is 0 Å². The Hall–Kier alpha value is 0.870. The maximum absolute atomic E-state index is 11.0. The third kappa shape index (κ3) is 13.8. The minimum absolute atomic E-state index is 0. The molecule has 0 fully saturated rings. The normalized spacial score (nSPS) is 12.9. The quantitative estimate of drug-likeness (QED) is 0.299. The van der Waals surface area contributed by atoms with Gasteiger partial charge in [0, 0.05) is 11.9 Å². The van der Waals surface area contributed by atoms with Crippen molar-refractivity contribution in [2.75, 3.05) is 6.61 Å². The number of aliphatic hydroxyl groups excluding tert-OH is 1. The van der Waals surface area contributed by atoms with E-state index in [1.54, 1.807) is 0 Å². The molecule has 0 saturated heterocycles. The molecule has 1 atom stereocenters. The molecule has 0 rings (SSSR count). The summed E-state index contributed by atoms with van der Waals surface area (Å²) < 4.78 is 33.0. The number of unbranched alkanes of at least 4 members (excludes halogenated alkanes) is 7. The van der Waals surface area contributed by atoms with Gasteiger partial charge in [0.15, 0.2) is 0 Å². The summed E-state index contributed by atoms with van der Waals surface area (Å²) in [6.45, 7) is 2.19. The molecule has 0 spiro atoms. The molecule has 0 saturated carbocycles. The Morgan fingerprint density at radius 1 is 0.900 bits per heavy atom. The van der Waals surface area contributed by atoms with Crippen molar-refractivity contribution in [3.8, 4) is 0 Å². The smallest absolute Gasteiger partial charge is 0.748 e. The van der Waals surface area contributed by atoms with Crippen LogP contribution in [-0.4, -0.2) is 29.9 Å². The molecule has 0 amide bonds. The molecule has 0 aromatic carbocycles. The summed E-state index contributed by atoms with van der Waals surface area (Å²) in [5.74, 6) is 0. The Morgan fingerprint density at radius 2 is 1.35 bits per heavy atom. The van der Waals surface area contributed by atoms with Crippen LogP contribution in [0, 0.1) is 0 Å². The van der Waals surface area contributed by atoms with E-state index in [9.17, 15) is 13.0 Å². The summed E-state index contributed by atoms with van der Waals surface area (Å²) >= 11 is 0. The first kappa shape index (κ1) is 23.1. The van der Waals surface area contributed by atoms with E-state index in [1.165, 1.54) is 6.42 Å². The molecule has 0 aliphatic heterocycles. The van der Waals surface area contributed by atoms with Crippen LogP contribution < -0.4 is 29.6 Å². The average Bonchev–Trinajstić information content (AvgIpc) is 2.34. The molecule has 0 heterocycles. The van der Waals surface area contributed by atoms with Crippen LogP contribution in [0.25, 0.3) is 0 Å². The maximum Gasteiger partial charge on any atom is 1.00 e. The Balaban J connectivity index is 0. The largest absolute Gasteiger partial charge is 1.00 e. The zero-order valence-corrected chi connectivity index (χ0v) is 16.0. The van der Waals surface area contributed by atoms with Crippen molar-refractivity contribution in [2.24, 2.45) is 0 Å². The van der Waals surface area contributed by atoms with Crippen LogP contribution in [-0.2, 0) is 10.1 Å². The van der Waals surface area contributed by atoms with Crippen molar-refractivity contribution in [1.82, 2.24) is 0 Å². The minimum atomic E-state index is -4.11. The van der Waals surface area contributed by atoms with E-state index in [-0.39, 0.29) is 36.2 Å². The van der Waals surface area contributed by atoms with Gasteiger partial charge in [-0.25, -0.2) is 8.42 Å².